The Kier molecular flexibility index (Phi) is 4.82. The molecule has 7 heteroatoms. The fourth-order valence-electron chi connectivity index (χ4n) is 2.14. The van der Waals surface area contributed by atoms with E-state index < -0.39 is 0 Å². The predicted octanol–water partition coefficient (Wildman–Crippen LogP) is 4.24. The normalized spacial score (nSPS) is 10.6. The molecule has 0 bridgehead atoms. The zero-order chi connectivity index (χ0) is 17.1. The van der Waals surface area contributed by atoms with Gasteiger partial charge in [0, 0.05) is 11.9 Å². The van der Waals surface area contributed by atoms with E-state index in [0.717, 1.165) is 0 Å². The van der Waals surface area contributed by atoms with Crippen LogP contribution in [0.4, 0.5) is 5.00 Å². The summed E-state index contributed by atoms with van der Waals surface area (Å²) in [7, 11) is 1.78. The van der Waals surface area contributed by atoms with Crippen LogP contribution in [0.3, 0.4) is 0 Å². The lowest BCUT2D eigenvalue weighted by molar-refractivity contribution is 0.0791. The number of carbonyl (C=O) groups excluding carboxylic acids is 2. The second-order valence-corrected chi connectivity index (χ2v) is 7.37. The van der Waals surface area contributed by atoms with Crippen molar-refractivity contribution in [2.45, 2.75) is 13.5 Å². The Morgan fingerprint density at radius 3 is 2.75 bits per heavy atom. The summed E-state index contributed by atoms with van der Waals surface area (Å²) in [6, 6.07) is 8.74. The van der Waals surface area contributed by atoms with Crippen molar-refractivity contribution >= 4 is 39.5 Å². The molecule has 0 aromatic carbocycles. The van der Waals surface area contributed by atoms with Gasteiger partial charge in [-0.3, -0.25) is 9.59 Å². The van der Waals surface area contributed by atoms with Gasteiger partial charge in [0.05, 0.1) is 22.7 Å². The van der Waals surface area contributed by atoms with E-state index in [1.165, 1.54) is 28.0 Å². The molecule has 2 amide bonds. The van der Waals surface area contributed by atoms with Crippen molar-refractivity contribution in [1.82, 2.24) is 4.90 Å². The molecule has 124 valence electrons. The van der Waals surface area contributed by atoms with Gasteiger partial charge in [-0.2, -0.15) is 0 Å². The zero-order valence-electron chi connectivity index (χ0n) is 13.2. The van der Waals surface area contributed by atoms with E-state index in [4.69, 9.17) is 4.42 Å². The molecule has 0 saturated heterocycles. The van der Waals surface area contributed by atoms with E-state index in [2.05, 4.69) is 5.32 Å². The van der Waals surface area contributed by atoms with Gasteiger partial charge in [0.2, 0.25) is 0 Å². The van der Waals surface area contributed by atoms with Crippen LogP contribution < -0.4 is 5.32 Å². The lowest BCUT2D eigenvalue weighted by Crippen LogP contribution is -2.25. The zero-order valence-corrected chi connectivity index (χ0v) is 14.9. The summed E-state index contributed by atoms with van der Waals surface area (Å²) < 4.78 is 5.05. The van der Waals surface area contributed by atoms with Gasteiger partial charge in [-0.15, -0.1) is 22.7 Å². The second-order valence-electron chi connectivity index (χ2n) is 5.28. The molecule has 3 rings (SSSR count). The predicted molar refractivity (Wildman–Crippen MR) is 95.8 cm³/mol. The van der Waals surface area contributed by atoms with Crippen LogP contribution in [0.2, 0.25) is 0 Å². The molecule has 0 saturated carbocycles. The van der Waals surface area contributed by atoms with Crippen LogP contribution in [0.1, 0.15) is 30.7 Å². The summed E-state index contributed by atoms with van der Waals surface area (Å²) in [5.41, 5.74) is 1.19. The van der Waals surface area contributed by atoms with Crippen molar-refractivity contribution in [3.05, 3.63) is 63.1 Å². The molecule has 0 radical (unpaired) electrons. The summed E-state index contributed by atoms with van der Waals surface area (Å²) in [6.07, 6.45) is 1.44. The average Bonchev–Trinajstić information content (AvgIpc) is 3.29. The molecule has 5 nitrogen and oxygen atoms in total. The Morgan fingerprint density at radius 1 is 1.25 bits per heavy atom. The molecule has 0 spiro atoms. The fourth-order valence-corrected chi connectivity index (χ4v) is 4.00. The maximum Gasteiger partial charge on any atom is 0.291 e. The van der Waals surface area contributed by atoms with Gasteiger partial charge in [-0.1, -0.05) is 0 Å². The highest BCUT2D eigenvalue weighted by atomic mass is 32.1. The van der Waals surface area contributed by atoms with Crippen LogP contribution in [-0.4, -0.2) is 23.8 Å². The van der Waals surface area contributed by atoms with Gasteiger partial charge in [0.1, 0.15) is 0 Å². The van der Waals surface area contributed by atoms with Gasteiger partial charge in [-0.05, 0) is 48.2 Å². The summed E-state index contributed by atoms with van der Waals surface area (Å²) in [4.78, 5) is 27.9. The second kappa shape index (κ2) is 7.02. The van der Waals surface area contributed by atoms with Gasteiger partial charge < -0.3 is 14.6 Å². The molecule has 1 N–H and O–H groups in total. The van der Waals surface area contributed by atoms with Crippen LogP contribution in [0, 0.1) is 6.92 Å². The maximum atomic E-state index is 12.5. The van der Waals surface area contributed by atoms with Crippen LogP contribution in [0.5, 0.6) is 0 Å². The highest BCUT2D eigenvalue weighted by Gasteiger charge is 2.17. The van der Waals surface area contributed by atoms with E-state index >= 15 is 0 Å². The largest absolute Gasteiger partial charge is 0.459 e. The quantitative estimate of drug-likeness (QED) is 0.740. The summed E-state index contributed by atoms with van der Waals surface area (Å²) in [5.74, 6) is -0.156. The third-order valence-electron chi connectivity index (χ3n) is 3.49. The molecule has 0 aliphatic heterocycles. The number of hydrogen-bond donors (Lipinski definition) is 1. The number of nitrogens with one attached hydrogen (secondary N) is 1. The van der Waals surface area contributed by atoms with E-state index in [9.17, 15) is 9.59 Å². The molecule has 24 heavy (non-hydrogen) atoms. The molecule has 0 atom stereocenters. The molecule has 0 fully saturated rings. The van der Waals surface area contributed by atoms with Gasteiger partial charge in [0.15, 0.2) is 5.76 Å². The van der Waals surface area contributed by atoms with E-state index in [0.29, 0.717) is 16.4 Å². The molecule has 0 aliphatic carbocycles. The summed E-state index contributed by atoms with van der Waals surface area (Å²) >= 11 is 2.89. The monoisotopic (exact) mass is 360 g/mol. The maximum absolute atomic E-state index is 12.5. The first-order valence-corrected chi connectivity index (χ1v) is 8.97. The van der Waals surface area contributed by atoms with Gasteiger partial charge >= 0.3 is 0 Å². The van der Waals surface area contributed by atoms with E-state index in [-0.39, 0.29) is 17.6 Å². The number of carbonyl (C=O) groups is 2. The Bertz CT molecular complexity index is 849. The van der Waals surface area contributed by atoms with Crippen molar-refractivity contribution in [3.63, 3.8) is 0 Å². The third-order valence-corrected chi connectivity index (χ3v) is 5.49. The van der Waals surface area contributed by atoms with Crippen molar-refractivity contribution in [1.29, 1.82) is 0 Å². The Hall–Kier alpha value is -2.38. The van der Waals surface area contributed by atoms with Gasteiger partial charge in [0.25, 0.3) is 11.8 Å². The Labute approximate surface area is 147 Å². The summed E-state index contributed by atoms with van der Waals surface area (Å²) in [6.45, 7) is 2.62. The number of anilines is 1. The third kappa shape index (κ3) is 3.58. The number of furan rings is 1. The molecule has 0 aliphatic rings. The standard InChI is InChI=1S/C17H16N2O3S2/c1-11-7-9-23-14(11)10-19(2)17(21)13-5-6-15(24-13)18-16(20)12-4-3-8-22-12/h3-9H,10H2,1-2H3,(H,18,20). The number of nitrogens with zero attached hydrogens (tertiary/aromatic N) is 1. The van der Waals surface area contributed by atoms with E-state index in [1.54, 1.807) is 47.5 Å². The molecular weight excluding hydrogens is 344 g/mol. The lowest BCUT2D eigenvalue weighted by Gasteiger charge is -2.15. The van der Waals surface area contributed by atoms with Crippen molar-refractivity contribution < 1.29 is 14.0 Å². The first kappa shape index (κ1) is 16.5. The number of amides is 2. The average molecular weight is 360 g/mol. The SMILES string of the molecule is Cc1ccsc1CN(C)C(=O)c1ccc(NC(=O)c2ccco2)s1. The van der Waals surface area contributed by atoms with Crippen LogP contribution in [0.25, 0.3) is 0 Å². The molecular formula is C17H16N2O3S2. The van der Waals surface area contributed by atoms with E-state index in [1.807, 2.05) is 18.4 Å². The smallest absolute Gasteiger partial charge is 0.291 e. The molecule has 3 heterocycles. The highest BCUT2D eigenvalue weighted by Crippen LogP contribution is 2.25. The highest BCUT2D eigenvalue weighted by molar-refractivity contribution is 7.18. The van der Waals surface area contributed by atoms with Crippen molar-refractivity contribution in [3.8, 4) is 0 Å². The number of hydrogen-bond acceptors (Lipinski definition) is 5. The number of rotatable bonds is 5. The minimum absolute atomic E-state index is 0.0636. The Balaban J connectivity index is 1.65. The van der Waals surface area contributed by atoms with Crippen molar-refractivity contribution in [2.75, 3.05) is 12.4 Å². The first-order chi connectivity index (χ1) is 11.5. The fraction of sp³-hybridized carbons (Fsp3) is 0.176. The minimum Gasteiger partial charge on any atom is -0.459 e. The van der Waals surface area contributed by atoms with Crippen LogP contribution in [0.15, 0.2) is 46.4 Å². The minimum atomic E-state index is -0.330. The number of aryl methyl sites for hydroxylation is 1. The van der Waals surface area contributed by atoms with Crippen molar-refractivity contribution in [2.24, 2.45) is 0 Å². The number of thiophene rings is 2. The van der Waals surface area contributed by atoms with Crippen LogP contribution >= 0.6 is 22.7 Å². The lowest BCUT2D eigenvalue weighted by atomic mass is 10.3. The summed E-state index contributed by atoms with van der Waals surface area (Å²) in [5, 5.41) is 5.37. The van der Waals surface area contributed by atoms with Gasteiger partial charge in [-0.25, -0.2) is 0 Å². The molecule has 0 unspecified atom stereocenters. The molecule has 3 aromatic rings. The molecule has 3 aromatic heterocycles. The first-order valence-electron chi connectivity index (χ1n) is 7.27. The Morgan fingerprint density at radius 2 is 2.08 bits per heavy atom. The topological polar surface area (TPSA) is 62.6 Å². The van der Waals surface area contributed by atoms with Crippen LogP contribution in [-0.2, 0) is 6.54 Å².